The lowest BCUT2D eigenvalue weighted by molar-refractivity contribution is 0.934. The number of H-pyrrole nitrogens is 1. The standard InChI is InChI=1S/C20H16IN7S/c1-12-16(15-5-3-4-10-28(15)26-12)20-24-19(17(29-20)18-22-11-23-25-18)27(2)14-8-6-13(21)7-9-14/h3-11H,1-2H3,(H,22,23,25). The molecule has 1 aromatic carbocycles. The largest absolute Gasteiger partial charge is 0.328 e. The minimum atomic E-state index is 0.704. The predicted octanol–water partition coefficient (Wildman–Crippen LogP) is 4.92. The smallest absolute Gasteiger partial charge is 0.169 e. The molecule has 4 aromatic heterocycles. The number of rotatable bonds is 4. The lowest BCUT2D eigenvalue weighted by atomic mass is 10.2. The van der Waals surface area contributed by atoms with Gasteiger partial charge in [0.15, 0.2) is 11.6 Å². The van der Waals surface area contributed by atoms with E-state index >= 15 is 0 Å². The number of halogens is 1. The first-order chi connectivity index (χ1) is 14.1. The summed E-state index contributed by atoms with van der Waals surface area (Å²) in [6.07, 6.45) is 3.47. The van der Waals surface area contributed by atoms with Crippen molar-refractivity contribution < 1.29 is 0 Å². The SMILES string of the molecule is Cc1nn2ccccc2c1-c1nc(N(C)c2ccc(I)cc2)c(-c2ncn[nH]2)s1. The molecule has 0 unspecified atom stereocenters. The molecular weight excluding hydrogens is 497 g/mol. The average molecular weight is 513 g/mol. The maximum absolute atomic E-state index is 5.02. The molecule has 0 radical (unpaired) electrons. The highest BCUT2D eigenvalue weighted by molar-refractivity contribution is 14.1. The molecule has 9 heteroatoms. The second-order valence-corrected chi connectivity index (χ2v) is 8.78. The Morgan fingerprint density at radius 2 is 1.97 bits per heavy atom. The Morgan fingerprint density at radius 3 is 2.72 bits per heavy atom. The van der Waals surface area contributed by atoms with Crippen molar-refractivity contribution in [2.45, 2.75) is 6.92 Å². The van der Waals surface area contributed by atoms with Gasteiger partial charge in [-0.15, -0.1) is 11.3 Å². The van der Waals surface area contributed by atoms with Crippen LogP contribution in [0.1, 0.15) is 5.69 Å². The number of aryl methyl sites for hydroxylation is 1. The molecule has 0 spiro atoms. The quantitative estimate of drug-likeness (QED) is 0.346. The van der Waals surface area contributed by atoms with E-state index in [4.69, 9.17) is 4.98 Å². The van der Waals surface area contributed by atoms with Crippen LogP contribution in [0.5, 0.6) is 0 Å². The van der Waals surface area contributed by atoms with E-state index in [0.29, 0.717) is 5.82 Å². The fourth-order valence-electron chi connectivity index (χ4n) is 3.28. The number of aromatic nitrogens is 6. The van der Waals surface area contributed by atoms with Gasteiger partial charge < -0.3 is 4.90 Å². The van der Waals surface area contributed by atoms with Crippen molar-refractivity contribution >= 4 is 50.9 Å². The number of anilines is 2. The van der Waals surface area contributed by atoms with Gasteiger partial charge in [0.05, 0.1) is 16.8 Å². The molecule has 4 heterocycles. The molecule has 0 saturated carbocycles. The molecule has 0 saturated heterocycles. The molecule has 5 rings (SSSR count). The monoisotopic (exact) mass is 513 g/mol. The molecule has 0 aliphatic carbocycles. The third-order valence-corrected chi connectivity index (χ3v) is 6.49. The van der Waals surface area contributed by atoms with Gasteiger partial charge in [0, 0.05) is 22.5 Å². The zero-order valence-corrected chi connectivity index (χ0v) is 18.6. The fraction of sp³-hybridized carbons (Fsp3) is 0.100. The first kappa shape index (κ1) is 18.3. The third kappa shape index (κ3) is 3.19. The van der Waals surface area contributed by atoms with E-state index in [-0.39, 0.29) is 0 Å². The summed E-state index contributed by atoms with van der Waals surface area (Å²) in [7, 11) is 2.02. The van der Waals surface area contributed by atoms with Crippen molar-refractivity contribution in [3.8, 4) is 21.3 Å². The first-order valence-corrected chi connectivity index (χ1v) is 10.8. The Hall–Kier alpha value is -2.79. The van der Waals surface area contributed by atoms with E-state index in [2.05, 4.69) is 78.1 Å². The van der Waals surface area contributed by atoms with E-state index in [9.17, 15) is 0 Å². The summed E-state index contributed by atoms with van der Waals surface area (Å²) >= 11 is 3.90. The van der Waals surface area contributed by atoms with Crippen molar-refractivity contribution in [1.82, 2.24) is 29.8 Å². The summed E-state index contributed by atoms with van der Waals surface area (Å²) in [4.78, 5) is 12.4. The normalized spacial score (nSPS) is 11.3. The number of fused-ring (bicyclic) bond motifs is 1. The van der Waals surface area contributed by atoms with Crippen molar-refractivity contribution in [3.63, 3.8) is 0 Å². The second-order valence-electron chi connectivity index (χ2n) is 6.53. The fourth-order valence-corrected chi connectivity index (χ4v) is 4.79. The van der Waals surface area contributed by atoms with Crippen LogP contribution in [0.4, 0.5) is 11.5 Å². The minimum Gasteiger partial charge on any atom is -0.328 e. The van der Waals surface area contributed by atoms with Gasteiger partial charge in [0.2, 0.25) is 0 Å². The van der Waals surface area contributed by atoms with E-state index in [1.165, 1.54) is 9.90 Å². The van der Waals surface area contributed by atoms with Gasteiger partial charge in [-0.05, 0) is 65.9 Å². The Morgan fingerprint density at radius 1 is 1.14 bits per heavy atom. The van der Waals surface area contributed by atoms with Crippen LogP contribution in [0.25, 0.3) is 26.8 Å². The Kier molecular flexibility index (Phi) is 4.55. The summed E-state index contributed by atoms with van der Waals surface area (Å²) in [5, 5.41) is 12.6. The highest BCUT2D eigenvalue weighted by Crippen LogP contribution is 2.42. The average Bonchev–Trinajstić information content (AvgIpc) is 3.45. The van der Waals surface area contributed by atoms with Crippen molar-refractivity contribution in [1.29, 1.82) is 0 Å². The molecule has 144 valence electrons. The van der Waals surface area contributed by atoms with Crippen LogP contribution in [-0.4, -0.2) is 36.8 Å². The van der Waals surface area contributed by atoms with Crippen LogP contribution < -0.4 is 4.90 Å². The molecule has 0 bridgehead atoms. The van der Waals surface area contributed by atoms with E-state index < -0.39 is 0 Å². The summed E-state index contributed by atoms with van der Waals surface area (Å²) in [6, 6.07) is 14.4. The van der Waals surface area contributed by atoms with Crippen LogP contribution in [0, 0.1) is 10.5 Å². The molecule has 0 aliphatic heterocycles. The topological polar surface area (TPSA) is 75.0 Å². The molecule has 29 heavy (non-hydrogen) atoms. The van der Waals surface area contributed by atoms with Crippen molar-refractivity contribution in [2.75, 3.05) is 11.9 Å². The highest BCUT2D eigenvalue weighted by Gasteiger charge is 2.23. The zero-order valence-electron chi connectivity index (χ0n) is 15.7. The van der Waals surface area contributed by atoms with Crippen molar-refractivity contribution in [2.24, 2.45) is 0 Å². The molecule has 7 nitrogen and oxygen atoms in total. The Balaban J connectivity index is 1.70. The van der Waals surface area contributed by atoms with Crippen LogP contribution in [0.3, 0.4) is 0 Å². The van der Waals surface area contributed by atoms with Crippen LogP contribution in [0.15, 0.2) is 55.0 Å². The second kappa shape index (κ2) is 7.23. The molecular formula is C20H16IN7S. The van der Waals surface area contributed by atoms with Gasteiger partial charge in [-0.1, -0.05) is 6.07 Å². The van der Waals surface area contributed by atoms with E-state index in [0.717, 1.165) is 38.2 Å². The number of nitrogens with zero attached hydrogens (tertiary/aromatic N) is 6. The number of thiazole rings is 1. The molecule has 0 amide bonds. The van der Waals surface area contributed by atoms with Crippen LogP contribution >= 0.6 is 33.9 Å². The van der Waals surface area contributed by atoms with Gasteiger partial charge in [0.25, 0.3) is 0 Å². The Bertz CT molecular complexity index is 1290. The summed E-state index contributed by atoms with van der Waals surface area (Å²) in [5.41, 5.74) is 4.07. The van der Waals surface area contributed by atoms with Crippen LogP contribution in [0.2, 0.25) is 0 Å². The summed E-state index contributed by atoms with van der Waals surface area (Å²) < 4.78 is 3.08. The number of nitrogens with one attached hydrogen (secondary N) is 1. The number of hydrogen-bond donors (Lipinski definition) is 1. The van der Waals surface area contributed by atoms with Gasteiger partial charge in [-0.2, -0.15) is 10.2 Å². The third-order valence-electron chi connectivity index (χ3n) is 4.70. The highest BCUT2D eigenvalue weighted by atomic mass is 127. The minimum absolute atomic E-state index is 0.704. The molecule has 5 aromatic rings. The van der Waals surface area contributed by atoms with Gasteiger partial charge in [-0.3, -0.25) is 5.10 Å². The summed E-state index contributed by atoms with van der Waals surface area (Å²) in [5.74, 6) is 1.54. The number of hydrogen-bond acceptors (Lipinski definition) is 6. The van der Waals surface area contributed by atoms with Crippen LogP contribution in [-0.2, 0) is 0 Å². The van der Waals surface area contributed by atoms with E-state index in [1.807, 2.05) is 36.8 Å². The molecule has 0 atom stereocenters. The molecule has 0 fully saturated rings. The van der Waals surface area contributed by atoms with Crippen molar-refractivity contribution in [3.05, 3.63) is 64.3 Å². The summed E-state index contributed by atoms with van der Waals surface area (Å²) in [6.45, 7) is 2.01. The number of pyridine rings is 1. The van der Waals surface area contributed by atoms with Gasteiger partial charge >= 0.3 is 0 Å². The number of benzene rings is 1. The predicted molar refractivity (Wildman–Crippen MR) is 124 cm³/mol. The Labute approximate surface area is 184 Å². The van der Waals surface area contributed by atoms with Gasteiger partial charge in [-0.25, -0.2) is 14.5 Å². The van der Waals surface area contributed by atoms with Gasteiger partial charge in [0.1, 0.15) is 16.2 Å². The zero-order chi connectivity index (χ0) is 20.0. The lowest BCUT2D eigenvalue weighted by Gasteiger charge is -2.18. The maximum Gasteiger partial charge on any atom is 0.169 e. The molecule has 1 N–H and O–H groups in total. The molecule has 0 aliphatic rings. The number of aromatic amines is 1. The maximum atomic E-state index is 5.02. The first-order valence-electron chi connectivity index (χ1n) is 8.92. The van der Waals surface area contributed by atoms with E-state index in [1.54, 1.807) is 11.3 Å². The lowest BCUT2D eigenvalue weighted by Crippen LogP contribution is -2.11.